The lowest BCUT2D eigenvalue weighted by molar-refractivity contribution is 0.164. The lowest BCUT2D eigenvalue weighted by Gasteiger charge is -2.27. The normalized spacial score (nSPS) is 19.4. The van der Waals surface area contributed by atoms with Crippen molar-refractivity contribution in [2.75, 3.05) is 46.9 Å². The van der Waals surface area contributed by atoms with Crippen molar-refractivity contribution in [3.05, 3.63) is 24.2 Å². The number of hydrogen-bond donors (Lipinski definition) is 1. The molecule has 0 saturated carbocycles. The fourth-order valence-corrected chi connectivity index (χ4v) is 2.71. The SMILES string of the molecule is CCN(C[C@H]1CCOC1)C(=O)NC[C@@H](c1ccco1)N(C)C. The molecule has 0 spiro atoms. The number of ether oxygens (including phenoxy) is 1. The van der Waals surface area contributed by atoms with Crippen molar-refractivity contribution in [3.63, 3.8) is 0 Å². The van der Waals surface area contributed by atoms with E-state index in [9.17, 15) is 4.79 Å². The van der Waals surface area contributed by atoms with E-state index in [0.717, 1.165) is 31.9 Å². The molecule has 6 nitrogen and oxygen atoms in total. The van der Waals surface area contributed by atoms with Gasteiger partial charge in [-0.3, -0.25) is 4.90 Å². The van der Waals surface area contributed by atoms with Gasteiger partial charge in [-0.1, -0.05) is 0 Å². The van der Waals surface area contributed by atoms with Gasteiger partial charge in [0, 0.05) is 32.2 Å². The highest BCUT2D eigenvalue weighted by Crippen LogP contribution is 2.18. The largest absolute Gasteiger partial charge is 0.468 e. The molecule has 1 aromatic heterocycles. The second-order valence-corrected chi connectivity index (χ2v) is 5.95. The number of carbonyl (C=O) groups excluding carboxylic acids is 1. The lowest BCUT2D eigenvalue weighted by atomic mass is 10.1. The topological polar surface area (TPSA) is 58.0 Å². The van der Waals surface area contributed by atoms with E-state index in [1.165, 1.54) is 0 Å². The average Bonchev–Trinajstić information content (AvgIpc) is 3.18. The van der Waals surface area contributed by atoms with Crippen LogP contribution in [0.15, 0.2) is 22.8 Å². The van der Waals surface area contributed by atoms with E-state index in [1.54, 1.807) is 6.26 Å². The van der Waals surface area contributed by atoms with Crippen LogP contribution in [0, 0.1) is 5.92 Å². The third-order valence-electron chi connectivity index (χ3n) is 4.11. The second kappa shape index (κ2) is 8.19. The number of amides is 2. The maximum Gasteiger partial charge on any atom is 0.317 e. The maximum absolute atomic E-state index is 12.4. The number of carbonyl (C=O) groups is 1. The molecule has 2 heterocycles. The maximum atomic E-state index is 12.4. The van der Waals surface area contributed by atoms with Gasteiger partial charge in [-0.2, -0.15) is 0 Å². The molecule has 0 bridgehead atoms. The number of nitrogens with zero attached hydrogens (tertiary/aromatic N) is 2. The first-order valence-corrected chi connectivity index (χ1v) is 7.92. The summed E-state index contributed by atoms with van der Waals surface area (Å²) in [6.07, 6.45) is 2.70. The highest BCUT2D eigenvalue weighted by atomic mass is 16.5. The Morgan fingerprint density at radius 3 is 2.86 bits per heavy atom. The molecule has 22 heavy (non-hydrogen) atoms. The van der Waals surface area contributed by atoms with Crippen molar-refractivity contribution in [1.82, 2.24) is 15.1 Å². The van der Waals surface area contributed by atoms with E-state index in [1.807, 2.05) is 43.0 Å². The number of likely N-dealkylation sites (N-methyl/N-ethyl adjacent to an activating group) is 1. The molecule has 2 rings (SSSR count). The minimum atomic E-state index is -0.0205. The predicted molar refractivity (Wildman–Crippen MR) is 84.7 cm³/mol. The molecule has 1 N–H and O–H groups in total. The van der Waals surface area contributed by atoms with Crippen molar-refractivity contribution in [2.24, 2.45) is 5.92 Å². The van der Waals surface area contributed by atoms with E-state index in [2.05, 4.69) is 5.32 Å². The van der Waals surface area contributed by atoms with Gasteiger partial charge in [-0.15, -0.1) is 0 Å². The first kappa shape index (κ1) is 16.8. The molecule has 1 aromatic rings. The molecule has 0 aromatic carbocycles. The van der Waals surface area contributed by atoms with Crippen LogP contribution in [0.5, 0.6) is 0 Å². The minimum absolute atomic E-state index is 0.0205. The van der Waals surface area contributed by atoms with Crippen LogP contribution in [-0.2, 0) is 4.74 Å². The molecule has 1 aliphatic rings. The zero-order valence-electron chi connectivity index (χ0n) is 13.7. The highest BCUT2D eigenvalue weighted by molar-refractivity contribution is 5.74. The average molecular weight is 309 g/mol. The molecule has 1 fully saturated rings. The van der Waals surface area contributed by atoms with E-state index in [-0.39, 0.29) is 12.1 Å². The zero-order chi connectivity index (χ0) is 15.9. The fraction of sp³-hybridized carbons (Fsp3) is 0.688. The van der Waals surface area contributed by atoms with Crippen LogP contribution in [0.1, 0.15) is 25.1 Å². The Labute approximate surface area is 132 Å². The molecule has 0 unspecified atom stereocenters. The van der Waals surface area contributed by atoms with Gasteiger partial charge >= 0.3 is 6.03 Å². The third kappa shape index (κ3) is 4.48. The summed E-state index contributed by atoms with van der Waals surface area (Å²) in [4.78, 5) is 16.3. The van der Waals surface area contributed by atoms with E-state index < -0.39 is 0 Å². The van der Waals surface area contributed by atoms with Crippen molar-refractivity contribution >= 4 is 6.03 Å². The Bertz CT molecular complexity index is 441. The van der Waals surface area contributed by atoms with Gasteiger partial charge in [0.05, 0.1) is 18.9 Å². The zero-order valence-corrected chi connectivity index (χ0v) is 13.7. The van der Waals surface area contributed by atoms with Gasteiger partial charge in [0.15, 0.2) is 0 Å². The standard InChI is InChI=1S/C16H27N3O3/c1-4-19(11-13-7-9-21-12-13)16(20)17-10-14(18(2)3)15-6-5-8-22-15/h5-6,8,13-14H,4,7,9-12H2,1-3H3,(H,17,20)/t13-,14+/m1/s1. The Morgan fingerprint density at radius 2 is 2.32 bits per heavy atom. The van der Waals surface area contributed by atoms with Gasteiger partial charge in [0.25, 0.3) is 0 Å². The Morgan fingerprint density at radius 1 is 1.50 bits per heavy atom. The molecule has 6 heteroatoms. The Hall–Kier alpha value is -1.53. The van der Waals surface area contributed by atoms with Gasteiger partial charge in [-0.05, 0) is 39.6 Å². The molecular formula is C16H27N3O3. The van der Waals surface area contributed by atoms with Crippen molar-refractivity contribution in [3.8, 4) is 0 Å². The van der Waals surface area contributed by atoms with Crippen LogP contribution in [0.2, 0.25) is 0 Å². The first-order valence-electron chi connectivity index (χ1n) is 7.92. The first-order chi connectivity index (χ1) is 10.6. The van der Waals surface area contributed by atoms with Crippen LogP contribution in [-0.4, -0.2) is 62.8 Å². The van der Waals surface area contributed by atoms with Crippen LogP contribution >= 0.6 is 0 Å². The number of nitrogens with one attached hydrogen (secondary N) is 1. The predicted octanol–water partition coefficient (Wildman–Crippen LogP) is 1.95. The second-order valence-electron chi connectivity index (χ2n) is 5.95. The van der Waals surface area contributed by atoms with Crippen LogP contribution in [0.3, 0.4) is 0 Å². The smallest absolute Gasteiger partial charge is 0.317 e. The Kier molecular flexibility index (Phi) is 6.27. The number of urea groups is 1. The van der Waals surface area contributed by atoms with E-state index in [4.69, 9.17) is 9.15 Å². The van der Waals surface area contributed by atoms with Crippen LogP contribution < -0.4 is 5.32 Å². The van der Waals surface area contributed by atoms with Gasteiger partial charge in [0.1, 0.15) is 5.76 Å². The van der Waals surface area contributed by atoms with Gasteiger partial charge < -0.3 is 19.4 Å². The fourth-order valence-electron chi connectivity index (χ4n) is 2.71. The molecule has 0 aliphatic carbocycles. The lowest BCUT2D eigenvalue weighted by Crippen LogP contribution is -2.45. The summed E-state index contributed by atoms with van der Waals surface area (Å²) in [5.41, 5.74) is 0. The van der Waals surface area contributed by atoms with Crippen molar-refractivity contribution < 1.29 is 13.9 Å². The van der Waals surface area contributed by atoms with Gasteiger partial charge in [0.2, 0.25) is 0 Å². The minimum Gasteiger partial charge on any atom is -0.468 e. The number of rotatable bonds is 7. The Balaban J connectivity index is 1.86. The third-order valence-corrected chi connectivity index (χ3v) is 4.11. The number of furan rings is 1. The molecule has 2 amide bonds. The summed E-state index contributed by atoms with van der Waals surface area (Å²) >= 11 is 0. The summed E-state index contributed by atoms with van der Waals surface area (Å²) in [6.45, 7) is 5.56. The highest BCUT2D eigenvalue weighted by Gasteiger charge is 2.23. The molecule has 124 valence electrons. The van der Waals surface area contributed by atoms with E-state index >= 15 is 0 Å². The van der Waals surface area contributed by atoms with Crippen molar-refractivity contribution in [2.45, 2.75) is 19.4 Å². The summed E-state index contributed by atoms with van der Waals surface area (Å²) < 4.78 is 10.8. The molecule has 0 radical (unpaired) electrons. The summed E-state index contributed by atoms with van der Waals surface area (Å²) in [7, 11) is 3.96. The molecule has 1 aliphatic heterocycles. The van der Waals surface area contributed by atoms with E-state index in [0.29, 0.717) is 19.0 Å². The molecular weight excluding hydrogens is 282 g/mol. The summed E-state index contributed by atoms with van der Waals surface area (Å²) in [5, 5.41) is 3.02. The summed E-state index contributed by atoms with van der Waals surface area (Å²) in [5.74, 6) is 1.32. The van der Waals surface area contributed by atoms with Crippen LogP contribution in [0.4, 0.5) is 4.79 Å². The quantitative estimate of drug-likeness (QED) is 0.836. The number of hydrogen-bond acceptors (Lipinski definition) is 4. The van der Waals surface area contributed by atoms with Crippen molar-refractivity contribution in [1.29, 1.82) is 0 Å². The monoisotopic (exact) mass is 309 g/mol. The molecule has 2 atom stereocenters. The molecule has 1 saturated heterocycles. The van der Waals surface area contributed by atoms with Crippen LogP contribution in [0.25, 0.3) is 0 Å². The van der Waals surface area contributed by atoms with Gasteiger partial charge in [-0.25, -0.2) is 4.79 Å². The summed E-state index contributed by atoms with van der Waals surface area (Å²) in [6, 6.07) is 3.82.